The molecule has 0 N–H and O–H groups in total. The lowest BCUT2D eigenvalue weighted by Crippen LogP contribution is -2.47. The summed E-state index contributed by atoms with van der Waals surface area (Å²) in [6, 6.07) is 0. The van der Waals surface area contributed by atoms with Gasteiger partial charge in [-0.2, -0.15) is 0 Å². The first-order valence-corrected chi connectivity index (χ1v) is 11.4. The normalized spacial score (nSPS) is 28.3. The van der Waals surface area contributed by atoms with E-state index < -0.39 is 8.32 Å². The average molecular weight is 325 g/mol. The average Bonchev–Trinajstić information content (AvgIpc) is 2.72. The predicted octanol–water partition coefficient (Wildman–Crippen LogP) is 4.69. The second-order valence-electron chi connectivity index (χ2n) is 8.99. The SMILES string of the molecule is CCOC1=C2[C@@H](CC1=O)CC(C)(C)[C@@H]2O[Si](C)(C)C(C)(C)C. The first kappa shape index (κ1) is 17.7. The lowest BCUT2D eigenvalue weighted by Gasteiger charge is -2.42. The first-order chi connectivity index (χ1) is 9.90. The summed E-state index contributed by atoms with van der Waals surface area (Å²) in [5.74, 6) is 1.10. The Morgan fingerprint density at radius 1 is 1.27 bits per heavy atom. The molecule has 22 heavy (non-hydrogen) atoms. The molecule has 1 fully saturated rings. The molecular formula is C18H32O3Si. The van der Waals surface area contributed by atoms with Crippen LogP contribution in [0.4, 0.5) is 0 Å². The highest BCUT2D eigenvalue weighted by atomic mass is 28.4. The number of hydrogen-bond acceptors (Lipinski definition) is 3. The van der Waals surface area contributed by atoms with Crippen LogP contribution < -0.4 is 0 Å². The Labute approximate surface area is 136 Å². The topological polar surface area (TPSA) is 35.5 Å². The van der Waals surface area contributed by atoms with E-state index in [4.69, 9.17) is 9.16 Å². The maximum atomic E-state index is 12.3. The van der Waals surface area contributed by atoms with E-state index >= 15 is 0 Å². The molecule has 3 nitrogen and oxygen atoms in total. The summed E-state index contributed by atoms with van der Waals surface area (Å²) in [6.07, 6.45) is 1.64. The Morgan fingerprint density at radius 2 is 1.86 bits per heavy atom. The van der Waals surface area contributed by atoms with Crippen molar-refractivity contribution < 1.29 is 14.0 Å². The van der Waals surface area contributed by atoms with Crippen LogP contribution in [0.2, 0.25) is 18.1 Å². The molecule has 0 aromatic heterocycles. The van der Waals surface area contributed by atoms with Gasteiger partial charge in [-0.05, 0) is 42.8 Å². The van der Waals surface area contributed by atoms with E-state index in [1.54, 1.807) is 0 Å². The molecule has 126 valence electrons. The molecule has 1 saturated carbocycles. The maximum absolute atomic E-state index is 12.3. The molecule has 0 spiro atoms. The van der Waals surface area contributed by atoms with Crippen LogP contribution in [-0.2, 0) is 14.0 Å². The fraction of sp³-hybridized carbons (Fsp3) is 0.833. The molecule has 0 aromatic rings. The fourth-order valence-corrected chi connectivity index (χ4v) is 4.84. The lowest BCUT2D eigenvalue weighted by molar-refractivity contribution is -0.118. The van der Waals surface area contributed by atoms with Gasteiger partial charge in [-0.3, -0.25) is 4.79 Å². The van der Waals surface area contributed by atoms with Crippen molar-refractivity contribution in [3.8, 4) is 0 Å². The zero-order chi connectivity index (χ0) is 16.9. The Hall–Kier alpha value is -0.613. The highest BCUT2D eigenvalue weighted by molar-refractivity contribution is 6.74. The van der Waals surface area contributed by atoms with Crippen LogP contribution >= 0.6 is 0 Å². The summed E-state index contributed by atoms with van der Waals surface area (Å²) in [4.78, 5) is 12.3. The summed E-state index contributed by atoms with van der Waals surface area (Å²) in [5, 5.41) is 0.163. The molecule has 2 atom stereocenters. The van der Waals surface area contributed by atoms with E-state index in [-0.39, 0.29) is 22.3 Å². The quantitative estimate of drug-likeness (QED) is 0.704. The van der Waals surface area contributed by atoms with Gasteiger partial charge in [0.1, 0.15) is 0 Å². The molecule has 2 rings (SSSR count). The van der Waals surface area contributed by atoms with Gasteiger partial charge < -0.3 is 9.16 Å². The number of Topliss-reactive ketones (excluding diaryl/α,β-unsaturated/α-hetero) is 1. The molecule has 0 heterocycles. The Bertz CT molecular complexity index is 497. The third-order valence-corrected chi connectivity index (χ3v) is 10.1. The summed E-state index contributed by atoms with van der Waals surface area (Å²) >= 11 is 0. The predicted molar refractivity (Wildman–Crippen MR) is 92.2 cm³/mol. The van der Waals surface area contributed by atoms with Crippen molar-refractivity contribution in [1.82, 2.24) is 0 Å². The van der Waals surface area contributed by atoms with Gasteiger partial charge in [-0.1, -0.05) is 34.6 Å². The monoisotopic (exact) mass is 324 g/mol. The van der Waals surface area contributed by atoms with Crippen molar-refractivity contribution in [3.63, 3.8) is 0 Å². The molecule has 2 aliphatic carbocycles. The number of carbonyl (C=O) groups is 1. The van der Waals surface area contributed by atoms with Crippen LogP contribution in [0.3, 0.4) is 0 Å². The number of ether oxygens (including phenoxy) is 1. The van der Waals surface area contributed by atoms with Crippen LogP contribution in [0, 0.1) is 11.3 Å². The number of fused-ring (bicyclic) bond motifs is 1. The number of rotatable bonds is 4. The smallest absolute Gasteiger partial charge is 0.198 e. The van der Waals surface area contributed by atoms with Crippen molar-refractivity contribution in [2.24, 2.45) is 11.3 Å². The standard InChI is InChI=1S/C18H32O3Si/c1-9-20-15-13(19)10-12-11-18(5,6)16(14(12)15)21-22(7,8)17(2,3)4/h12,16H,9-11H2,1-8H3/t12-,16+/m0/s1. The van der Waals surface area contributed by atoms with Crippen LogP contribution in [0.1, 0.15) is 54.4 Å². The first-order valence-electron chi connectivity index (χ1n) is 8.48. The lowest BCUT2D eigenvalue weighted by atomic mass is 9.87. The van der Waals surface area contributed by atoms with Crippen molar-refractivity contribution in [2.45, 2.75) is 78.6 Å². The zero-order valence-corrected chi connectivity index (χ0v) is 16.5. The second kappa shape index (κ2) is 5.48. The van der Waals surface area contributed by atoms with Crippen LogP contribution in [0.15, 0.2) is 11.3 Å². The van der Waals surface area contributed by atoms with E-state index in [0.29, 0.717) is 24.7 Å². The van der Waals surface area contributed by atoms with Gasteiger partial charge in [0.25, 0.3) is 0 Å². The largest absolute Gasteiger partial charge is 0.490 e. The maximum Gasteiger partial charge on any atom is 0.198 e. The third kappa shape index (κ3) is 2.92. The number of carbonyl (C=O) groups excluding carboxylic acids is 1. The molecule has 0 aliphatic heterocycles. The fourth-order valence-electron chi connectivity index (χ4n) is 3.45. The van der Waals surface area contributed by atoms with E-state index in [0.717, 1.165) is 12.0 Å². The van der Waals surface area contributed by atoms with Crippen molar-refractivity contribution in [3.05, 3.63) is 11.3 Å². The second-order valence-corrected chi connectivity index (χ2v) is 13.7. The highest BCUT2D eigenvalue weighted by Gasteiger charge is 2.54. The summed E-state index contributed by atoms with van der Waals surface area (Å²) < 4.78 is 12.5. The molecule has 0 aromatic carbocycles. The zero-order valence-electron chi connectivity index (χ0n) is 15.5. The van der Waals surface area contributed by atoms with Gasteiger partial charge in [0.05, 0.1) is 12.7 Å². The van der Waals surface area contributed by atoms with Gasteiger partial charge in [0.15, 0.2) is 19.9 Å². The Balaban J connectivity index is 2.41. The third-order valence-electron chi connectivity index (χ3n) is 5.66. The number of hydrogen-bond donors (Lipinski definition) is 0. The van der Waals surface area contributed by atoms with E-state index in [1.165, 1.54) is 0 Å². The number of allylic oxidation sites excluding steroid dienone is 1. The summed E-state index contributed by atoms with van der Waals surface area (Å²) in [7, 11) is -1.89. The molecule has 0 amide bonds. The minimum atomic E-state index is -1.89. The molecular weight excluding hydrogens is 292 g/mol. The van der Waals surface area contributed by atoms with Gasteiger partial charge in [0.2, 0.25) is 0 Å². The van der Waals surface area contributed by atoms with Gasteiger partial charge in [0, 0.05) is 12.0 Å². The van der Waals surface area contributed by atoms with Crippen molar-refractivity contribution >= 4 is 14.1 Å². The molecule has 0 unspecified atom stereocenters. The minimum absolute atomic E-state index is 0.0198. The van der Waals surface area contributed by atoms with Crippen LogP contribution in [-0.4, -0.2) is 26.8 Å². The highest BCUT2D eigenvalue weighted by Crippen LogP contribution is 2.54. The van der Waals surface area contributed by atoms with E-state index in [1.807, 2.05) is 6.92 Å². The van der Waals surface area contributed by atoms with Crippen molar-refractivity contribution in [2.75, 3.05) is 6.61 Å². The molecule has 0 radical (unpaired) electrons. The number of ketones is 1. The summed E-state index contributed by atoms with van der Waals surface area (Å²) in [6.45, 7) is 18.4. The van der Waals surface area contributed by atoms with Crippen LogP contribution in [0.25, 0.3) is 0 Å². The van der Waals surface area contributed by atoms with Gasteiger partial charge >= 0.3 is 0 Å². The van der Waals surface area contributed by atoms with Gasteiger partial charge in [-0.15, -0.1) is 0 Å². The molecule has 2 aliphatic rings. The van der Waals surface area contributed by atoms with E-state index in [9.17, 15) is 4.79 Å². The van der Waals surface area contributed by atoms with Gasteiger partial charge in [-0.25, -0.2) is 0 Å². The summed E-state index contributed by atoms with van der Waals surface area (Å²) in [5.41, 5.74) is 1.22. The minimum Gasteiger partial charge on any atom is -0.490 e. The Kier molecular flexibility index (Phi) is 4.42. The Morgan fingerprint density at radius 3 is 2.36 bits per heavy atom. The molecule has 4 heteroatoms. The molecule has 0 saturated heterocycles. The van der Waals surface area contributed by atoms with Crippen molar-refractivity contribution in [1.29, 1.82) is 0 Å². The van der Waals surface area contributed by atoms with Crippen LogP contribution in [0.5, 0.6) is 0 Å². The van der Waals surface area contributed by atoms with E-state index in [2.05, 4.69) is 47.7 Å². The molecule has 0 bridgehead atoms.